The van der Waals surface area contributed by atoms with Crippen LogP contribution in [0.2, 0.25) is 0 Å². The minimum absolute atomic E-state index is 0.00886. The lowest BCUT2D eigenvalue weighted by molar-refractivity contribution is 0.322. The molecule has 1 aromatic heterocycles. The average Bonchev–Trinajstić information content (AvgIpc) is 2.97. The molecule has 0 spiro atoms. The van der Waals surface area contributed by atoms with Crippen molar-refractivity contribution in [2.45, 2.75) is 18.5 Å². The standard InChI is InChI=1S/C20H21N3O/c21-18-13-23(12-17(18)14-6-2-1-3-7-14)11-16-10-15-8-4-5-9-19(15)22-20(16)24/h1-10,17-18H,11-13,21H2,(H,22,24)/t17-,18+/m0/s1. The monoisotopic (exact) mass is 319 g/mol. The van der Waals surface area contributed by atoms with Crippen molar-refractivity contribution in [1.82, 2.24) is 9.88 Å². The Balaban J connectivity index is 1.56. The molecule has 1 aliphatic heterocycles. The molecule has 0 aliphatic carbocycles. The van der Waals surface area contributed by atoms with Crippen molar-refractivity contribution in [2.75, 3.05) is 13.1 Å². The molecular formula is C20H21N3O. The Morgan fingerprint density at radius 2 is 1.79 bits per heavy atom. The normalized spacial score (nSPS) is 21.4. The maximum absolute atomic E-state index is 12.3. The van der Waals surface area contributed by atoms with Crippen molar-refractivity contribution in [3.8, 4) is 0 Å². The van der Waals surface area contributed by atoms with Gasteiger partial charge in [-0.15, -0.1) is 0 Å². The number of rotatable bonds is 3. The van der Waals surface area contributed by atoms with E-state index in [0.717, 1.165) is 29.6 Å². The topological polar surface area (TPSA) is 62.1 Å². The Labute approximate surface area is 140 Å². The number of para-hydroxylation sites is 1. The van der Waals surface area contributed by atoms with E-state index in [1.165, 1.54) is 5.56 Å². The molecule has 24 heavy (non-hydrogen) atoms. The summed E-state index contributed by atoms with van der Waals surface area (Å²) in [5.41, 5.74) is 9.31. The van der Waals surface area contributed by atoms with Crippen LogP contribution in [0.5, 0.6) is 0 Å². The summed E-state index contributed by atoms with van der Waals surface area (Å²) in [6.07, 6.45) is 0. The van der Waals surface area contributed by atoms with E-state index in [1.54, 1.807) is 0 Å². The SMILES string of the molecule is N[C@@H]1CN(Cc2cc3ccccc3[nH]c2=O)C[C@H]1c1ccccc1. The van der Waals surface area contributed by atoms with Crippen LogP contribution in [0, 0.1) is 0 Å². The summed E-state index contributed by atoms with van der Waals surface area (Å²) < 4.78 is 0. The number of likely N-dealkylation sites (tertiary alicyclic amines) is 1. The lowest BCUT2D eigenvalue weighted by atomic mass is 9.95. The molecule has 4 rings (SSSR count). The van der Waals surface area contributed by atoms with Gasteiger partial charge in [0, 0.05) is 42.7 Å². The van der Waals surface area contributed by atoms with Crippen LogP contribution in [0.4, 0.5) is 0 Å². The highest BCUT2D eigenvalue weighted by Gasteiger charge is 2.31. The van der Waals surface area contributed by atoms with Gasteiger partial charge in [0.1, 0.15) is 0 Å². The first kappa shape index (κ1) is 15.1. The first-order valence-corrected chi connectivity index (χ1v) is 8.34. The summed E-state index contributed by atoms with van der Waals surface area (Å²) in [6, 6.07) is 20.4. The second-order valence-electron chi connectivity index (χ2n) is 6.59. The van der Waals surface area contributed by atoms with E-state index in [-0.39, 0.29) is 11.6 Å². The maximum Gasteiger partial charge on any atom is 0.252 e. The van der Waals surface area contributed by atoms with Crippen LogP contribution in [-0.2, 0) is 6.54 Å². The number of benzene rings is 2. The number of hydrogen-bond acceptors (Lipinski definition) is 3. The highest BCUT2D eigenvalue weighted by molar-refractivity contribution is 5.78. The fourth-order valence-electron chi connectivity index (χ4n) is 3.65. The van der Waals surface area contributed by atoms with Crippen LogP contribution in [-0.4, -0.2) is 29.0 Å². The van der Waals surface area contributed by atoms with Crippen LogP contribution >= 0.6 is 0 Å². The number of fused-ring (bicyclic) bond motifs is 1. The van der Waals surface area contributed by atoms with Crippen LogP contribution in [0.3, 0.4) is 0 Å². The van der Waals surface area contributed by atoms with Crippen LogP contribution < -0.4 is 11.3 Å². The third kappa shape index (κ3) is 2.86. The first-order valence-electron chi connectivity index (χ1n) is 8.34. The molecule has 4 nitrogen and oxygen atoms in total. The molecule has 2 heterocycles. The van der Waals surface area contributed by atoms with E-state index in [9.17, 15) is 4.79 Å². The van der Waals surface area contributed by atoms with Gasteiger partial charge in [0.25, 0.3) is 5.56 Å². The number of hydrogen-bond donors (Lipinski definition) is 2. The molecule has 0 unspecified atom stereocenters. The van der Waals surface area contributed by atoms with Crippen molar-refractivity contribution in [3.05, 3.63) is 82.1 Å². The lowest BCUT2D eigenvalue weighted by Gasteiger charge is -2.16. The van der Waals surface area contributed by atoms with E-state index in [0.29, 0.717) is 12.5 Å². The fourth-order valence-corrected chi connectivity index (χ4v) is 3.65. The summed E-state index contributed by atoms with van der Waals surface area (Å²) in [6.45, 7) is 2.33. The summed E-state index contributed by atoms with van der Waals surface area (Å²) in [5.74, 6) is 0.325. The minimum Gasteiger partial charge on any atom is -0.326 e. The number of aromatic nitrogens is 1. The molecule has 4 heteroatoms. The van der Waals surface area contributed by atoms with Gasteiger partial charge in [-0.3, -0.25) is 9.69 Å². The fraction of sp³-hybridized carbons (Fsp3) is 0.250. The molecule has 122 valence electrons. The molecule has 3 N–H and O–H groups in total. The van der Waals surface area contributed by atoms with Crippen molar-refractivity contribution >= 4 is 10.9 Å². The van der Waals surface area contributed by atoms with E-state index < -0.39 is 0 Å². The number of nitrogens with one attached hydrogen (secondary N) is 1. The zero-order valence-electron chi connectivity index (χ0n) is 13.5. The molecule has 0 saturated carbocycles. The van der Waals surface area contributed by atoms with Gasteiger partial charge in [0.2, 0.25) is 0 Å². The minimum atomic E-state index is -0.00886. The summed E-state index contributed by atoms with van der Waals surface area (Å²) in [4.78, 5) is 17.6. The number of aromatic amines is 1. The highest BCUT2D eigenvalue weighted by Crippen LogP contribution is 2.27. The van der Waals surface area contributed by atoms with Gasteiger partial charge in [-0.05, 0) is 23.1 Å². The van der Waals surface area contributed by atoms with Crippen LogP contribution in [0.15, 0.2) is 65.5 Å². The van der Waals surface area contributed by atoms with Crippen LogP contribution in [0.25, 0.3) is 10.9 Å². The van der Waals surface area contributed by atoms with Crippen LogP contribution in [0.1, 0.15) is 17.0 Å². The highest BCUT2D eigenvalue weighted by atomic mass is 16.1. The second kappa shape index (κ2) is 6.23. The number of pyridine rings is 1. The Kier molecular flexibility index (Phi) is 3.92. The van der Waals surface area contributed by atoms with Gasteiger partial charge < -0.3 is 10.7 Å². The van der Waals surface area contributed by atoms with Crippen molar-refractivity contribution in [1.29, 1.82) is 0 Å². The Morgan fingerprint density at radius 3 is 2.62 bits per heavy atom. The molecule has 1 saturated heterocycles. The number of nitrogens with two attached hydrogens (primary N) is 1. The zero-order valence-corrected chi connectivity index (χ0v) is 13.5. The van der Waals surface area contributed by atoms with E-state index in [1.807, 2.05) is 36.4 Å². The molecule has 2 aromatic carbocycles. The Bertz CT molecular complexity index is 903. The molecule has 1 aliphatic rings. The largest absolute Gasteiger partial charge is 0.326 e. The predicted octanol–water partition coefficient (Wildman–Crippen LogP) is 2.45. The van der Waals surface area contributed by atoms with Crippen molar-refractivity contribution in [3.63, 3.8) is 0 Å². The summed E-state index contributed by atoms with van der Waals surface area (Å²) in [5, 5.41) is 1.07. The molecular weight excluding hydrogens is 298 g/mol. The second-order valence-corrected chi connectivity index (χ2v) is 6.59. The van der Waals surface area contributed by atoms with Gasteiger partial charge >= 0.3 is 0 Å². The van der Waals surface area contributed by atoms with Gasteiger partial charge in [-0.25, -0.2) is 0 Å². The molecule has 0 radical (unpaired) electrons. The molecule has 0 amide bonds. The average molecular weight is 319 g/mol. The quantitative estimate of drug-likeness (QED) is 0.779. The van der Waals surface area contributed by atoms with Gasteiger partial charge in [-0.2, -0.15) is 0 Å². The van der Waals surface area contributed by atoms with Gasteiger partial charge in [-0.1, -0.05) is 48.5 Å². The lowest BCUT2D eigenvalue weighted by Crippen LogP contribution is -2.29. The summed E-state index contributed by atoms with van der Waals surface area (Å²) in [7, 11) is 0. The molecule has 1 fully saturated rings. The number of nitrogens with zero attached hydrogens (tertiary/aromatic N) is 1. The van der Waals surface area contributed by atoms with Gasteiger partial charge in [0.05, 0.1) is 0 Å². The maximum atomic E-state index is 12.3. The smallest absolute Gasteiger partial charge is 0.252 e. The van der Waals surface area contributed by atoms with E-state index >= 15 is 0 Å². The molecule has 2 atom stereocenters. The first-order chi connectivity index (χ1) is 11.7. The van der Waals surface area contributed by atoms with E-state index in [2.05, 4.69) is 34.1 Å². The van der Waals surface area contributed by atoms with Crippen molar-refractivity contribution in [2.24, 2.45) is 5.73 Å². The van der Waals surface area contributed by atoms with Gasteiger partial charge in [0.15, 0.2) is 0 Å². The summed E-state index contributed by atoms with van der Waals surface area (Å²) >= 11 is 0. The molecule has 3 aromatic rings. The Hall–Kier alpha value is -2.43. The Morgan fingerprint density at radius 1 is 1.04 bits per heavy atom. The van der Waals surface area contributed by atoms with E-state index in [4.69, 9.17) is 5.73 Å². The third-order valence-electron chi connectivity index (χ3n) is 4.89. The number of H-pyrrole nitrogens is 1. The molecule has 0 bridgehead atoms. The third-order valence-corrected chi connectivity index (χ3v) is 4.89. The van der Waals surface area contributed by atoms with Crippen molar-refractivity contribution < 1.29 is 0 Å². The predicted molar refractivity (Wildman–Crippen MR) is 97.0 cm³/mol. The zero-order chi connectivity index (χ0) is 16.5.